The molecule has 0 amide bonds. The smallest absolute Gasteiger partial charge is 0.344 e. The molecule has 0 unspecified atom stereocenters. The van der Waals surface area contributed by atoms with Gasteiger partial charge in [-0.3, -0.25) is 0 Å². The summed E-state index contributed by atoms with van der Waals surface area (Å²) in [6, 6.07) is 5.02. The lowest BCUT2D eigenvalue weighted by Crippen LogP contribution is -2.22. The molecule has 0 aliphatic carbocycles. The molecule has 0 spiro atoms. The number of fused-ring (bicyclic) bond motifs is 1. The van der Waals surface area contributed by atoms with E-state index in [2.05, 4.69) is 0 Å². The highest BCUT2D eigenvalue weighted by Gasteiger charge is 2.15. The second kappa shape index (κ2) is 4.06. The number of carbonyl (C=O) groups is 1. The summed E-state index contributed by atoms with van der Waals surface area (Å²) in [5, 5.41) is 9.93. The molecule has 1 aromatic carbocycles. The van der Waals surface area contributed by atoms with Crippen molar-refractivity contribution in [3.8, 4) is 5.75 Å². The maximum Gasteiger partial charge on any atom is 0.344 e. The third-order valence-electron chi connectivity index (χ3n) is 2.16. The van der Waals surface area contributed by atoms with Crippen molar-refractivity contribution in [2.75, 3.05) is 0 Å². The molecule has 1 atom stereocenters. The SMILES string of the molecule is C[C@H](Oc1cc2occc2cc1Cl)C(=O)O. The first kappa shape index (κ1) is 10.8. The molecular weight excluding hydrogens is 232 g/mol. The van der Waals surface area contributed by atoms with E-state index < -0.39 is 12.1 Å². The number of carboxylic acid groups (broad SMARTS) is 1. The molecule has 0 saturated heterocycles. The van der Waals surface area contributed by atoms with Gasteiger partial charge in [0.05, 0.1) is 11.3 Å². The van der Waals surface area contributed by atoms with E-state index in [1.54, 1.807) is 18.2 Å². The van der Waals surface area contributed by atoms with Crippen LogP contribution < -0.4 is 4.74 Å². The van der Waals surface area contributed by atoms with Crippen molar-refractivity contribution in [2.45, 2.75) is 13.0 Å². The molecule has 2 aromatic rings. The fourth-order valence-corrected chi connectivity index (χ4v) is 1.51. The van der Waals surface area contributed by atoms with Crippen LogP contribution in [0.2, 0.25) is 5.02 Å². The Kier molecular flexibility index (Phi) is 2.75. The minimum Gasteiger partial charge on any atom is -0.479 e. The lowest BCUT2D eigenvalue weighted by Gasteiger charge is -2.11. The third-order valence-corrected chi connectivity index (χ3v) is 2.45. The van der Waals surface area contributed by atoms with Crippen molar-refractivity contribution in [3.05, 3.63) is 29.5 Å². The van der Waals surface area contributed by atoms with Gasteiger partial charge in [0.25, 0.3) is 0 Å². The maximum atomic E-state index is 10.6. The Bertz CT molecular complexity index is 532. The zero-order valence-electron chi connectivity index (χ0n) is 8.44. The van der Waals surface area contributed by atoms with Gasteiger partial charge in [0.1, 0.15) is 11.3 Å². The van der Waals surface area contributed by atoms with Gasteiger partial charge >= 0.3 is 5.97 Å². The minimum atomic E-state index is -1.05. The first-order chi connectivity index (χ1) is 7.58. The molecule has 0 aliphatic heterocycles. The van der Waals surface area contributed by atoms with Gasteiger partial charge in [0.2, 0.25) is 0 Å². The standard InChI is InChI=1S/C11H9ClO4/c1-6(11(13)14)16-10-5-9-7(2-3-15-9)4-8(10)12/h2-6H,1H3,(H,13,14)/t6-/m0/s1. The normalized spacial score (nSPS) is 12.6. The highest BCUT2D eigenvalue weighted by Crippen LogP contribution is 2.31. The number of halogens is 1. The van der Waals surface area contributed by atoms with Crippen molar-refractivity contribution in [1.29, 1.82) is 0 Å². The largest absolute Gasteiger partial charge is 0.479 e. The van der Waals surface area contributed by atoms with Crippen LogP contribution in [0.3, 0.4) is 0 Å². The van der Waals surface area contributed by atoms with Gasteiger partial charge in [0, 0.05) is 11.5 Å². The summed E-state index contributed by atoms with van der Waals surface area (Å²) in [6.07, 6.45) is 0.579. The van der Waals surface area contributed by atoms with Gasteiger partial charge in [-0.15, -0.1) is 0 Å². The highest BCUT2D eigenvalue weighted by molar-refractivity contribution is 6.32. The van der Waals surface area contributed by atoms with Crippen molar-refractivity contribution in [1.82, 2.24) is 0 Å². The number of hydrogen-bond acceptors (Lipinski definition) is 3. The number of ether oxygens (including phenoxy) is 1. The summed E-state index contributed by atoms with van der Waals surface area (Å²) in [5.41, 5.74) is 0.608. The number of hydrogen-bond donors (Lipinski definition) is 1. The summed E-state index contributed by atoms with van der Waals surface area (Å²) < 4.78 is 10.4. The zero-order valence-corrected chi connectivity index (χ0v) is 9.19. The van der Waals surface area contributed by atoms with Gasteiger partial charge < -0.3 is 14.3 Å². The van der Waals surface area contributed by atoms with Crippen molar-refractivity contribution in [3.63, 3.8) is 0 Å². The highest BCUT2D eigenvalue weighted by atomic mass is 35.5. The average molecular weight is 241 g/mol. The Morgan fingerprint density at radius 2 is 2.31 bits per heavy atom. The Morgan fingerprint density at radius 3 is 3.00 bits per heavy atom. The summed E-state index contributed by atoms with van der Waals surface area (Å²) in [4.78, 5) is 10.6. The Balaban J connectivity index is 2.36. The van der Waals surface area contributed by atoms with Crippen LogP contribution in [0.4, 0.5) is 0 Å². The van der Waals surface area contributed by atoms with Crippen LogP contribution >= 0.6 is 11.6 Å². The molecule has 0 radical (unpaired) electrons. The topological polar surface area (TPSA) is 59.7 Å². The number of rotatable bonds is 3. The Labute approximate surface area is 96.4 Å². The Morgan fingerprint density at radius 1 is 1.56 bits per heavy atom. The molecule has 0 aliphatic rings. The van der Waals surface area contributed by atoms with E-state index in [9.17, 15) is 4.79 Å². The van der Waals surface area contributed by atoms with Crippen molar-refractivity contribution in [2.24, 2.45) is 0 Å². The van der Waals surface area contributed by atoms with Crippen LogP contribution in [-0.4, -0.2) is 17.2 Å². The number of aliphatic carboxylic acids is 1. The quantitative estimate of drug-likeness (QED) is 0.896. The molecule has 0 fully saturated rings. The lowest BCUT2D eigenvalue weighted by atomic mass is 10.2. The fourth-order valence-electron chi connectivity index (χ4n) is 1.29. The zero-order chi connectivity index (χ0) is 11.7. The van der Waals surface area contributed by atoms with E-state index in [0.717, 1.165) is 5.39 Å². The predicted molar refractivity (Wildman–Crippen MR) is 58.9 cm³/mol. The monoisotopic (exact) mass is 240 g/mol. The molecule has 0 saturated carbocycles. The third kappa shape index (κ3) is 1.97. The van der Waals surface area contributed by atoms with E-state index in [4.69, 9.17) is 25.9 Å². The van der Waals surface area contributed by atoms with Crippen molar-refractivity contribution < 1.29 is 19.1 Å². The summed E-state index contributed by atoms with van der Waals surface area (Å²) in [6.45, 7) is 1.44. The fraction of sp³-hybridized carbons (Fsp3) is 0.182. The summed E-state index contributed by atoms with van der Waals surface area (Å²) in [7, 11) is 0. The van der Waals surface area contributed by atoms with Gasteiger partial charge in [0.15, 0.2) is 6.10 Å². The van der Waals surface area contributed by atoms with Crippen LogP contribution in [0.15, 0.2) is 28.9 Å². The molecule has 1 heterocycles. The van der Waals surface area contributed by atoms with E-state index in [1.807, 2.05) is 0 Å². The molecule has 2 rings (SSSR count). The first-order valence-corrected chi connectivity index (χ1v) is 5.02. The van der Waals surface area contributed by atoms with Crippen LogP contribution in [0.25, 0.3) is 11.0 Å². The lowest BCUT2D eigenvalue weighted by molar-refractivity contribution is -0.144. The molecule has 5 heteroatoms. The minimum absolute atomic E-state index is 0.305. The molecule has 84 valence electrons. The van der Waals surface area contributed by atoms with E-state index in [0.29, 0.717) is 16.4 Å². The second-order valence-electron chi connectivity index (χ2n) is 3.34. The average Bonchev–Trinajstić information content (AvgIpc) is 2.65. The molecule has 16 heavy (non-hydrogen) atoms. The molecule has 1 aromatic heterocycles. The van der Waals surface area contributed by atoms with Gasteiger partial charge in [-0.05, 0) is 19.1 Å². The van der Waals surface area contributed by atoms with E-state index >= 15 is 0 Å². The van der Waals surface area contributed by atoms with Gasteiger partial charge in [-0.1, -0.05) is 11.6 Å². The van der Waals surface area contributed by atoms with Crippen LogP contribution in [0, 0.1) is 0 Å². The number of furan rings is 1. The maximum absolute atomic E-state index is 10.6. The van der Waals surface area contributed by atoms with Crippen LogP contribution in [0.5, 0.6) is 5.75 Å². The number of carboxylic acids is 1. The van der Waals surface area contributed by atoms with Crippen molar-refractivity contribution >= 4 is 28.5 Å². The molecule has 0 bridgehead atoms. The van der Waals surface area contributed by atoms with Gasteiger partial charge in [-0.25, -0.2) is 4.79 Å². The summed E-state index contributed by atoms with van der Waals surface area (Å²) in [5.74, 6) is -0.741. The Hall–Kier alpha value is -1.68. The number of benzene rings is 1. The van der Waals surface area contributed by atoms with E-state index in [-0.39, 0.29) is 0 Å². The van der Waals surface area contributed by atoms with E-state index in [1.165, 1.54) is 13.2 Å². The second-order valence-corrected chi connectivity index (χ2v) is 3.75. The van der Waals surface area contributed by atoms with Crippen LogP contribution in [-0.2, 0) is 4.79 Å². The summed E-state index contributed by atoms with van der Waals surface area (Å²) >= 11 is 5.95. The first-order valence-electron chi connectivity index (χ1n) is 4.64. The van der Waals surface area contributed by atoms with Gasteiger partial charge in [-0.2, -0.15) is 0 Å². The molecule has 4 nitrogen and oxygen atoms in total. The predicted octanol–water partition coefficient (Wildman–Crippen LogP) is 2.94. The molecular formula is C11H9ClO4. The van der Waals surface area contributed by atoms with Crippen LogP contribution in [0.1, 0.15) is 6.92 Å². The molecule has 1 N–H and O–H groups in total.